The number of hydrogen-bond acceptors (Lipinski definition) is 3. The third-order valence-electron chi connectivity index (χ3n) is 6.78. The van der Waals surface area contributed by atoms with Crippen LogP contribution >= 0.6 is 0 Å². The number of benzene rings is 3. The molecule has 0 bridgehead atoms. The van der Waals surface area contributed by atoms with Crippen LogP contribution in [-0.2, 0) is 16.6 Å². The Morgan fingerprint density at radius 1 is 0.886 bits per heavy atom. The minimum Gasteiger partial charge on any atom is -0.462 e. The Bertz CT molecular complexity index is 1430. The van der Waals surface area contributed by atoms with Crippen molar-refractivity contribution in [3.63, 3.8) is 0 Å². The molecule has 0 fully saturated rings. The van der Waals surface area contributed by atoms with Crippen LogP contribution in [0, 0.1) is 0 Å². The maximum Gasteiger partial charge on any atom is 0.338 e. The summed E-state index contributed by atoms with van der Waals surface area (Å²) in [4.78, 5) is 24.0. The maximum atomic E-state index is 12.5. The lowest BCUT2D eigenvalue weighted by atomic mass is 9.96. The number of Topliss-reactive ketones (excluding diaryl/α,β-unsaturated/α-hetero) is 1. The first-order valence-corrected chi connectivity index (χ1v) is 12.3. The van der Waals surface area contributed by atoms with Crippen molar-refractivity contribution in [2.24, 2.45) is 7.05 Å². The van der Waals surface area contributed by atoms with Crippen LogP contribution in [0.4, 0.5) is 0 Å². The third-order valence-corrected chi connectivity index (χ3v) is 6.78. The van der Waals surface area contributed by atoms with E-state index < -0.39 is 0 Å². The predicted octanol–water partition coefficient (Wildman–Crippen LogP) is 6.77. The van der Waals surface area contributed by atoms with Gasteiger partial charge in [0.2, 0.25) is 0 Å². The van der Waals surface area contributed by atoms with Crippen molar-refractivity contribution in [1.29, 1.82) is 0 Å². The predicted molar refractivity (Wildman–Crippen MR) is 144 cm³/mol. The van der Waals surface area contributed by atoms with Crippen LogP contribution in [0.15, 0.2) is 66.7 Å². The Morgan fingerprint density at radius 2 is 1.57 bits per heavy atom. The summed E-state index contributed by atoms with van der Waals surface area (Å²) >= 11 is 0. The highest BCUT2D eigenvalue weighted by Crippen LogP contribution is 2.34. The summed E-state index contributed by atoms with van der Waals surface area (Å²) < 4.78 is 7.59. The van der Waals surface area contributed by atoms with Crippen LogP contribution in [-0.4, -0.2) is 22.9 Å². The molecular weight excluding hydrogens is 434 g/mol. The summed E-state index contributed by atoms with van der Waals surface area (Å²) in [6.45, 7) is 10.1. The number of carbonyl (C=O) groups excluding carboxylic acids is 2. The molecule has 0 atom stereocenters. The monoisotopic (exact) mass is 467 g/mol. The van der Waals surface area contributed by atoms with Gasteiger partial charge in [0.15, 0.2) is 5.78 Å². The van der Waals surface area contributed by atoms with Crippen molar-refractivity contribution in [2.75, 3.05) is 6.61 Å². The molecule has 1 heterocycles. The summed E-state index contributed by atoms with van der Waals surface area (Å²) in [7, 11) is 2.05. The molecule has 4 rings (SSSR count). The summed E-state index contributed by atoms with van der Waals surface area (Å²) in [6, 6.07) is 18.3. The Morgan fingerprint density at radius 3 is 2.31 bits per heavy atom. The van der Waals surface area contributed by atoms with E-state index in [9.17, 15) is 9.59 Å². The highest BCUT2D eigenvalue weighted by atomic mass is 16.5. The number of rotatable bonds is 11. The van der Waals surface area contributed by atoms with Crippen LogP contribution < -0.4 is 5.35 Å². The number of allylic oxidation sites excluding steroid dienone is 1. The van der Waals surface area contributed by atoms with Gasteiger partial charge in [-0.3, -0.25) is 4.79 Å². The molecule has 0 aliphatic heterocycles. The van der Waals surface area contributed by atoms with Crippen LogP contribution in [0.25, 0.3) is 39.4 Å². The molecule has 0 radical (unpaired) electrons. The smallest absolute Gasteiger partial charge is 0.338 e. The average Bonchev–Trinajstić information content (AvgIpc) is 3.12. The first-order chi connectivity index (χ1) is 16.9. The molecule has 0 amide bonds. The third kappa shape index (κ3) is 5.22. The molecule has 1 aromatic heterocycles. The van der Waals surface area contributed by atoms with E-state index in [1.807, 2.05) is 31.3 Å². The Hall–Kier alpha value is -3.66. The van der Waals surface area contributed by atoms with E-state index in [-0.39, 0.29) is 11.8 Å². The fourth-order valence-electron chi connectivity index (χ4n) is 4.65. The lowest BCUT2D eigenvalue weighted by Gasteiger charge is -2.09. The first kappa shape index (κ1) is 24.5. The van der Waals surface area contributed by atoms with Crippen molar-refractivity contribution in [2.45, 2.75) is 45.4 Å². The summed E-state index contributed by atoms with van der Waals surface area (Å²) in [6.07, 6.45) is 5.33. The molecule has 4 heteroatoms. The molecule has 3 aromatic carbocycles. The lowest BCUT2D eigenvalue weighted by Crippen LogP contribution is -2.09. The van der Waals surface area contributed by atoms with Crippen molar-refractivity contribution in [3.05, 3.63) is 77.7 Å². The zero-order valence-electron chi connectivity index (χ0n) is 20.7. The molecular formula is C31H33NO3. The fourth-order valence-corrected chi connectivity index (χ4v) is 4.65. The Labute approximate surface area is 206 Å². The van der Waals surface area contributed by atoms with Gasteiger partial charge in [0.1, 0.15) is 0 Å². The molecule has 0 aliphatic rings. The zero-order valence-corrected chi connectivity index (χ0v) is 20.7. The lowest BCUT2D eigenvalue weighted by molar-refractivity contribution is -0.115. The number of ether oxygens (including phenoxy) is 1. The van der Waals surface area contributed by atoms with Gasteiger partial charge in [-0.05, 0) is 60.1 Å². The number of unbranched alkanes of at least 4 members (excludes halogenated alkanes) is 4. The molecule has 0 saturated heterocycles. The first-order valence-electron chi connectivity index (χ1n) is 12.3. The van der Waals surface area contributed by atoms with Crippen molar-refractivity contribution < 1.29 is 14.3 Å². The van der Waals surface area contributed by atoms with E-state index in [0.29, 0.717) is 24.2 Å². The van der Waals surface area contributed by atoms with Crippen LogP contribution in [0.1, 0.15) is 55.8 Å². The maximum absolute atomic E-state index is 12.5. The number of hydrogen-bond donors (Lipinski definition) is 0. The fraction of sp³-hybridized carbons (Fsp3) is 0.290. The topological polar surface area (TPSA) is 48.3 Å². The number of nitrogens with zero attached hydrogens (tertiary/aromatic N) is 1. The molecule has 4 aromatic rings. The van der Waals surface area contributed by atoms with E-state index in [1.54, 1.807) is 6.92 Å². The molecule has 180 valence electrons. The van der Waals surface area contributed by atoms with Gasteiger partial charge in [0.05, 0.1) is 12.2 Å². The molecule has 0 unspecified atom stereocenters. The van der Waals surface area contributed by atoms with Gasteiger partial charge in [0, 0.05) is 35.1 Å². The largest absolute Gasteiger partial charge is 0.462 e. The van der Waals surface area contributed by atoms with Gasteiger partial charge in [-0.1, -0.05) is 68.8 Å². The Balaban J connectivity index is 1.32. The summed E-state index contributed by atoms with van der Waals surface area (Å²) in [5.74, 6) is -0.140. The second kappa shape index (κ2) is 10.7. The minimum atomic E-state index is -0.290. The van der Waals surface area contributed by atoms with E-state index in [4.69, 9.17) is 4.74 Å². The second-order valence-electron chi connectivity index (χ2n) is 9.30. The van der Waals surface area contributed by atoms with Crippen molar-refractivity contribution in [3.8, 4) is 11.1 Å². The van der Waals surface area contributed by atoms with E-state index in [0.717, 1.165) is 48.6 Å². The van der Waals surface area contributed by atoms with Gasteiger partial charge >= 0.3 is 5.97 Å². The summed E-state index contributed by atoms with van der Waals surface area (Å²) in [5, 5.41) is 4.59. The van der Waals surface area contributed by atoms with Gasteiger partial charge in [-0.2, -0.15) is 0 Å². The number of esters is 1. The highest BCUT2D eigenvalue weighted by molar-refractivity contribution is 6.15. The molecule has 35 heavy (non-hydrogen) atoms. The quantitative estimate of drug-likeness (QED) is 0.139. The normalized spacial score (nSPS) is 11.3. The Kier molecular flexibility index (Phi) is 7.50. The molecule has 0 N–H and O–H groups in total. The summed E-state index contributed by atoms with van der Waals surface area (Å²) in [5.41, 5.74) is 4.57. The number of ketones is 1. The minimum absolute atomic E-state index is 0.150. The van der Waals surface area contributed by atoms with Crippen LogP contribution in [0.3, 0.4) is 0 Å². The molecule has 0 saturated carbocycles. The van der Waals surface area contributed by atoms with Gasteiger partial charge < -0.3 is 9.30 Å². The van der Waals surface area contributed by atoms with Gasteiger partial charge in [0.25, 0.3) is 0 Å². The second-order valence-corrected chi connectivity index (χ2v) is 9.30. The zero-order chi connectivity index (χ0) is 24.9. The standard InChI is InChI=1S/C31H33NO3/c1-21(2)29(33)13-8-6-5-7-9-20-35-31(34)24-16-14-23(15-17-24)26-18-19-28-30-25(22(3)32(28)4)11-10-12-27(26)30/h10-12,14-19H,1,3,5-9,13,20H2,2,4H3. The van der Waals surface area contributed by atoms with Gasteiger partial charge in [-0.15, -0.1) is 0 Å². The van der Waals surface area contributed by atoms with E-state index in [2.05, 4.69) is 48.1 Å². The van der Waals surface area contributed by atoms with Crippen LogP contribution in [0.5, 0.6) is 0 Å². The van der Waals surface area contributed by atoms with E-state index in [1.165, 1.54) is 21.7 Å². The van der Waals surface area contributed by atoms with E-state index >= 15 is 0 Å². The van der Waals surface area contributed by atoms with Crippen molar-refractivity contribution in [1.82, 2.24) is 4.57 Å². The average molecular weight is 468 g/mol. The number of aryl methyl sites for hydroxylation is 1. The molecule has 0 spiro atoms. The SMILES string of the molecule is C=C(C)C(=O)CCCCCCCOC(=O)c1ccc(-c2ccc3c4c2cccc4c(=C)n3C)cc1. The highest BCUT2D eigenvalue weighted by Gasteiger charge is 2.13. The number of aromatic nitrogens is 1. The molecule has 0 aliphatic carbocycles. The van der Waals surface area contributed by atoms with Gasteiger partial charge in [-0.25, -0.2) is 4.79 Å². The number of carbonyl (C=O) groups is 2. The van der Waals surface area contributed by atoms with Crippen molar-refractivity contribution >= 4 is 40.0 Å². The van der Waals surface area contributed by atoms with Crippen LogP contribution in [0.2, 0.25) is 0 Å². The molecule has 4 nitrogen and oxygen atoms in total.